The van der Waals surface area contributed by atoms with Crippen molar-refractivity contribution in [2.45, 2.75) is 27.3 Å². The fourth-order valence-electron chi connectivity index (χ4n) is 2.37. The summed E-state index contributed by atoms with van der Waals surface area (Å²) >= 11 is 0. The van der Waals surface area contributed by atoms with Crippen molar-refractivity contribution in [1.82, 2.24) is 9.88 Å². The van der Waals surface area contributed by atoms with Crippen molar-refractivity contribution in [3.63, 3.8) is 0 Å². The number of aromatic nitrogens is 1. The van der Waals surface area contributed by atoms with Gasteiger partial charge in [0.25, 0.3) is 5.69 Å². The Labute approximate surface area is 112 Å². The number of rotatable bonds is 5. The summed E-state index contributed by atoms with van der Waals surface area (Å²) in [5, 5.41) is 12.0. The summed E-state index contributed by atoms with van der Waals surface area (Å²) in [7, 11) is 0. The fourth-order valence-corrected chi connectivity index (χ4v) is 2.37. The number of benzene rings is 1. The van der Waals surface area contributed by atoms with Gasteiger partial charge in [-0.3, -0.25) is 15.0 Å². The van der Waals surface area contributed by atoms with Crippen LogP contribution in [0.25, 0.3) is 10.9 Å². The van der Waals surface area contributed by atoms with Gasteiger partial charge in [0.1, 0.15) is 5.52 Å². The predicted molar refractivity (Wildman–Crippen MR) is 76.3 cm³/mol. The van der Waals surface area contributed by atoms with Gasteiger partial charge in [0.15, 0.2) is 0 Å². The molecule has 5 nitrogen and oxygen atoms in total. The summed E-state index contributed by atoms with van der Waals surface area (Å²) < 4.78 is 0. The lowest BCUT2D eigenvalue weighted by Gasteiger charge is -2.17. The largest absolute Gasteiger partial charge is 0.355 e. The second-order valence-corrected chi connectivity index (χ2v) is 4.74. The number of aryl methyl sites for hydroxylation is 1. The van der Waals surface area contributed by atoms with E-state index in [2.05, 4.69) is 23.7 Å². The van der Waals surface area contributed by atoms with Crippen LogP contribution in [0, 0.1) is 17.0 Å². The Bertz CT molecular complexity index is 600. The number of hydrogen-bond acceptors (Lipinski definition) is 3. The molecule has 0 spiro atoms. The van der Waals surface area contributed by atoms with Crippen molar-refractivity contribution in [2.24, 2.45) is 0 Å². The molecule has 1 aromatic heterocycles. The van der Waals surface area contributed by atoms with Crippen LogP contribution < -0.4 is 0 Å². The summed E-state index contributed by atoms with van der Waals surface area (Å²) in [5.74, 6) is 0. The average molecular weight is 261 g/mol. The van der Waals surface area contributed by atoms with Crippen molar-refractivity contribution >= 4 is 16.6 Å². The maximum absolute atomic E-state index is 11.1. The Kier molecular flexibility index (Phi) is 3.85. The molecule has 0 saturated heterocycles. The molecule has 0 atom stereocenters. The van der Waals surface area contributed by atoms with E-state index in [1.165, 1.54) is 0 Å². The highest BCUT2D eigenvalue weighted by molar-refractivity contribution is 5.91. The molecule has 102 valence electrons. The first-order valence-electron chi connectivity index (χ1n) is 6.54. The van der Waals surface area contributed by atoms with Gasteiger partial charge in [-0.25, -0.2) is 0 Å². The molecular weight excluding hydrogens is 242 g/mol. The van der Waals surface area contributed by atoms with Crippen LogP contribution in [-0.2, 0) is 6.54 Å². The number of nitro groups is 1. The van der Waals surface area contributed by atoms with Gasteiger partial charge in [-0.1, -0.05) is 13.8 Å². The number of non-ortho nitro benzene ring substituents is 1. The Morgan fingerprint density at radius 1 is 1.32 bits per heavy atom. The molecule has 1 aromatic carbocycles. The number of hydrogen-bond donors (Lipinski definition) is 1. The Balaban J connectivity index is 2.50. The van der Waals surface area contributed by atoms with Gasteiger partial charge in [-0.2, -0.15) is 0 Å². The number of nitro benzene ring substituents is 1. The molecule has 0 fully saturated rings. The van der Waals surface area contributed by atoms with E-state index >= 15 is 0 Å². The molecule has 0 radical (unpaired) electrons. The molecule has 0 aliphatic heterocycles. The minimum atomic E-state index is -0.326. The van der Waals surface area contributed by atoms with Gasteiger partial charge in [0, 0.05) is 24.2 Å². The monoisotopic (exact) mass is 261 g/mol. The minimum absolute atomic E-state index is 0.154. The maximum Gasteiger partial charge on any atom is 0.293 e. The average Bonchev–Trinajstić information content (AvgIpc) is 2.77. The summed E-state index contributed by atoms with van der Waals surface area (Å²) in [4.78, 5) is 16.1. The van der Waals surface area contributed by atoms with E-state index < -0.39 is 0 Å². The highest BCUT2D eigenvalue weighted by Crippen LogP contribution is 2.29. The van der Waals surface area contributed by atoms with Crippen LogP contribution in [0.4, 0.5) is 5.69 Å². The van der Waals surface area contributed by atoms with Crippen molar-refractivity contribution in [3.8, 4) is 0 Å². The molecule has 0 bridgehead atoms. The van der Waals surface area contributed by atoms with Gasteiger partial charge >= 0.3 is 0 Å². The zero-order chi connectivity index (χ0) is 14.0. The molecule has 1 heterocycles. The highest BCUT2D eigenvalue weighted by Gasteiger charge is 2.17. The Morgan fingerprint density at radius 3 is 2.58 bits per heavy atom. The highest BCUT2D eigenvalue weighted by atomic mass is 16.6. The Morgan fingerprint density at radius 2 is 2.00 bits per heavy atom. The van der Waals surface area contributed by atoms with Gasteiger partial charge < -0.3 is 4.98 Å². The smallest absolute Gasteiger partial charge is 0.293 e. The summed E-state index contributed by atoms with van der Waals surface area (Å²) in [6.45, 7) is 8.88. The molecule has 19 heavy (non-hydrogen) atoms. The minimum Gasteiger partial charge on any atom is -0.355 e. The third-order valence-corrected chi connectivity index (χ3v) is 3.48. The lowest BCUT2D eigenvalue weighted by molar-refractivity contribution is -0.383. The Hall–Kier alpha value is -1.88. The van der Waals surface area contributed by atoms with Crippen LogP contribution in [0.2, 0.25) is 0 Å². The molecule has 0 saturated carbocycles. The van der Waals surface area contributed by atoms with E-state index in [1.807, 2.05) is 19.2 Å². The quantitative estimate of drug-likeness (QED) is 0.664. The zero-order valence-corrected chi connectivity index (χ0v) is 11.6. The number of nitrogens with one attached hydrogen (secondary N) is 1. The van der Waals surface area contributed by atoms with Crippen LogP contribution in [0.3, 0.4) is 0 Å². The van der Waals surface area contributed by atoms with Crippen molar-refractivity contribution < 1.29 is 4.92 Å². The van der Waals surface area contributed by atoms with Gasteiger partial charge in [0.2, 0.25) is 0 Å². The fraction of sp³-hybridized carbons (Fsp3) is 0.429. The SMILES string of the molecule is CCN(CC)Cc1c[nH]c2c([N+](=O)[O-])cc(C)cc12. The van der Waals surface area contributed by atoms with Gasteiger partial charge in [0.05, 0.1) is 4.92 Å². The van der Waals surface area contributed by atoms with Gasteiger partial charge in [-0.05, 0) is 37.2 Å². The van der Waals surface area contributed by atoms with E-state index in [1.54, 1.807) is 6.07 Å². The van der Waals surface area contributed by atoms with E-state index in [0.29, 0.717) is 5.52 Å². The topological polar surface area (TPSA) is 62.2 Å². The van der Waals surface area contributed by atoms with Gasteiger partial charge in [-0.15, -0.1) is 0 Å². The summed E-state index contributed by atoms with van der Waals surface area (Å²) in [6, 6.07) is 3.62. The number of nitrogens with zero attached hydrogens (tertiary/aromatic N) is 2. The lowest BCUT2D eigenvalue weighted by Crippen LogP contribution is -2.21. The third kappa shape index (κ3) is 2.61. The second kappa shape index (κ2) is 5.40. The predicted octanol–water partition coefficient (Wildman–Crippen LogP) is 3.23. The van der Waals surface area contributed by atoms with Crippen molar-refractivity contribution in [2.75, 3.05) is 13.1 Å². The molecule has 2 rings (SSSR count). The van der Waals surface area contributed by atoms with E-state index in [0.717, 1.165) is 36.1 Å². The van der Waals surface area contributed by atoms with Crippen LogP contribution in [0.1, 0.15) is 25.0 Å². The van der Waals surface area contributed by atoms with Crippen LogP contribution in [-0.4, -0.2) is 27.9 Å². The first-order valence-corrected chi connectivity index (χ1v) is 6.54. The second-order valence-electron chi connectivity index (χ2n) is 4.74. The normalized spacial score (nSPS) is 11.4. The molecule has 1 N–H and O–H groups in total. The van der Waals surface area contributed by atoms with Crippen LogP contribution in [0.5, 0.6) is 0 Å². The molecule has 0 aliphatic carbocycles. The third-order valence-electron chi connectivity index (χ3n) is 3.48. The maximum atomic E-state index is 11.1. The van der Waals surface area contributed by atoms with E-state index in [-0.39, 0.29) is 10.6 Å². The van der Waals surface area contributed by atoms with Crippen LogP contribution in [0.15, 0.2) is 18.3 Å². The van der Waals surface area contributed by atoms with E-state index in [4.69, 9.17) is 0 Å². The molecule has 0 amide bonds. The van der Waals surface area contributed by atoms with Crippen molar-refractivity contribution in [3.05, 3.63) is 39.6 Å². The van der Waals surface area contributed by atoms with Crippen molar-refractivity contribution in [1.29, 1.82) is 0 Å². The number of H-pyrrole nitrogens is 1. The lowest BCUT2D eigenvalue weighted by atomic mass is 10.1. The molecule has 0 unspecified atom stereocenters. The molecular formula is C14H19N3O2. The van der Waals surface area contributed by atoms with Crippen LogP contribution >= 0.6 is 0 Å². The molecule has 0 aliphatic rings. The number of aromatic amines is 1. The molecule has 2 aromatic rings. The van der Waals surface area contributed by atoms with E-state index in [9.17, 15) is 10.1 Å². The summed E-state index contributed by atoms with van der Waals surface area (Å²) in [6.07, 6.45) is 1.88. The number of fused-ring (bicyclic) bond motifs is 1. The first kappa shape index (κ1) is 13.5. The first-order chi connectivity index (χ1) is 9.06. The zero-order valence-electron chi connectivity index (χ0n) is 11.6. The summed E-state index contributed by atoms with van der Waals surface area (Å²) in [5.41, 5.74) is 2.81. The molecule has 5 heteroatoms. The standard InChI is InChI=1S/C14H19N3O2/c1-4-16(5-2)9-11-8-15-14-12(11)6-10(3)7-13(14)17(18)19/h6-8,15H,4-5,9H2,1-3H3.